The number of nitrogens with zero attached hydrogens (tertiary/aromatic N) is 1. The molecule has 1 aromatic heterocycles. The zero-order chi connectivity index (χ0) is 15.2. The maximum absolute atomic E-state index is 10.7. The van der Waals surface area contributed by atoms with Crippen molar-refractivity contribution in [2.24, 2.45) is 0 Å². The van der Waals surface area contributed by atoms with Crippen molar-refractivity contribution in [3.63, 3.8) is 0 Å². The molecular formula is C15H13NO5. The van der Waals surface area contributed by atoms with Crippen molar-refractivity contribution < 1.29 is 23.8 Å². The van der Waals surface area contributed by atoms with Gasteiger partial charge in [-0.1, -0.05) is 0 Å². The fourth-order valence-corrected chi connectivity index (χ4v) is 1.68. The van der Waals surface area contributed by atoms with E-state index < -0.39 is 5.97 Å². The average molecular weight is 287 g/mol. The maximum Gasteiger partial charge on any atom is 0.338 e. The highest BCUT2D eigenvalue weighted by atomic mass is 16.5. The molecule has 0 saturated carbocycles. The number of benzene rings is 1. The van der Waals surface area contributed by atoms with Crippen LogP contribution in [0.3, 0.4) is 0 Å². The van der Waals surface area contributed by atoms with Crippen LogP contribution in [-0.2, 0) is 6.61 Å². The zero-order valence-corrected chi connectivity index (χ0v) is 11.3. The van der Waals surface area contributed by atoms with Crippen LogP contribution in [0.15, 0.2) is 34.9 Å². The SMILES string of the molecule is CCOc1cc(C#N)ccc1OCc1cc(C(=O)O)co1. The van der Waals surface area contributed by atoms with Crippen LogP contribution in [0.5, 0.6) is 11.5 Å². The van der Waals surface area contributed by atoms with Gasteiger partial charge in [0.2, 0.25) is 0 Å². The Morgan fingerprint density at radius 1 is 1.33 bits per heavy atom. The highest BCUT2D eigenvalue weighted by Crippen LogP contribution is 2.29. The summed E-state index contributed by atoms with van der Waals surface area (Å²) in [6, 6.07) is 8.25. The molecule has 1 heterocycles. The first-order valence-electron chi connectivity index (χ1n) is 6.24. The maximum atomic E-state index is 10.7. The summed E-state index contributed by atoms with van der Waals surface area (Å²) in [7, 11) is 0. The fourth-order valence-electron chi connectivity index (χ4n) is 1.68. The number of ether oxygens (including phenoxy) is 2. The summed E-state index contributed by atoms with van der Waals surface area (Å²) < 4.78 is 16.1. The number of furan rings is 1. The van der Waals surface area contributed by atoms with E-state index in [1.807, 2.05) is 13.0 Å². The third-order valence-corrected chi connectivity index (χ3v) is 2.64. The monoisotopic (exact) mass is 287 g/mol. The normalized spacial score (nSPS) is 9.90. The molecule has 1 aromatic carbocycles. The lowest BCUT2D eigenvalue weighted by Crippen LogP contribution is -1.99. The van der Waals surface area contributed by atoms with Crippen molar-refractivity contribution in [3.8, 4) is 17.6 Å². The van der Waals surface area contributed by atoms with E-state index in [0.717, 1.165) is 6.26 Å². The Morgan fingerprint density at radius 2 is 2.14 bits per heavy atom. The number of carboxylic acid groups (broad SMARTS) is 1. The Hall–Kier alpha value is -2.94. The first kappa shape index (κ1) is 14.5. The summed E-state index contributed by atoms with van der Waals surface area (Å²) >= 11 is 0. The second-order valence-corrected chi connectivity index (χ2v) is 4.10. The van der Waals surface area contributed by atoms with Crippen LogP contribution in [0.4, 0.5) is 0 Å². The van der Waals surface area contributed by atoms with E-state index in [9.17, 15) is 4.79 Å². The van der Waals surface area contributed by atoms with Gasteiger partial charge in [-0.25, -0.2) is 4.79 Å². The summed E-state index contributed by atoms with van der Waals surface area (Å²) in [5, 5.41) is 17.7. The molecule has 0 unspecified atom stereocenters. The van der Waals surface area contributed by atoms with Crippen molar-refractivity contribution in [3.05, 3.63) is 47.4 Å². The molecule has 6 nitrogen and oxygen atoms in total. The lowest BCUT2D eigenvalue weighted by molar-refractivity contribution is 0.0696. The van der Waals surface area contributed by atoms with Crippen LogP contribution >= 0.6 is 0 Å². The predicted octanol–water partition coefficient (Wildman–Crippen LogP) is 2.83. The molecule has 0 atom stereocenters. The van der Waals surface area contributed by atoms with Gasteiger partial charge in [-0.05, 0) is 25.1 Å². The minimum Gasteiger partial charge on any atom is -0.490 e. The summed E-state index contributed by atoms with van der Waals surface area (Å²) in [6.07, 6.45) is 1.16. The summed E-state index contributed by atoms with van der Waals surface area (Å²) in [5.41, 5.74) is 0.537. The second kappa shape index (κ2) is 6.48. The van der Waals surface area contributed by atoms with Crippen molar-refractivity contribution in [1.82, 2.24) is 0 Å². The number of rotatable bonds is 6. The number of nitriles is 1. The van der Waals surface area contributed by atoms with Gasteiger partial charge < -0.3 is 19.0 Å². The number of hydrogen-bond acceptors (Lipinski definition) is 5. The van der Waals surface area contributed by atoms with Crippen LogP contribution in [0, 0.1) is 11.3 Å². The third kappa shape index (κ3) is 3.54. The van der Waals surface area contributed by atoms with Crippen molar-refractivity contribution in [2.45, 2.75) is 13.5 Å². The van der Waals surface area contributed by atoms with Gasteiger partial charge in [0.05, 0.1) is 23.8 Å². The molecule has 0 saturated heterocycles. The van der Waals surface area contributed by atoms with E-state index in [4.69, 9.17) is 24.3 Å². The molecule has 0 fully saturated rings. The molecule has 0 bridgehead atoms. The zero-order valence-electron chi connectivity index (χ0n) is 11.3. The molecule has 6 heteroatoms. The van der Waals surface area contributed by atoms with Gasteiger partial charge in [0.25, 0.3) is 0 Å². The molecule has 0 aliphatic carbocycles. The average Bonchev–Trinajstić information content (AvgIpc) is 2.95. The Balaban J connectivity index is 2.11. The molecule has 0 radical (unpaired) electrons. The van der Waals surface area contributed by atoms with E-state index >= 15 is 0 Å². The van der Waals surface area contributed by atoms with Gasteiger partial charge in [0.15, 0.2) is 11.5 Å². The van der Waals surface area contributed by atoms with Crippen LogP contribution in [-0.4, -0.2) is 17.7 Å². The summed E-state index contributed by atoms with van der Waals surface area (Å²) in [4.78, 5) is 10.7. The molecule has 108 valence electrons. The molecule has 0 aliphatic rings. The predicted molar refractivity (Wildman–Crippen MR) is 72.3 cm³/mol. The van der Waals surface area contributed by atoms with Crippen molar-refractivity contribution >= 4 is 5.97 Å². The molecule has 0 amide bonds. The summed E-state index contributed by atoms with van der Waals surface area (Å²) in [5.74, 6) is 0.253. The highest BCUT2D eigenvalue weighted by Gasteiger charge is 2.11. The quantitative estimate of drug-likeness (QED) is 0.878. The smallest absolute Gasteiger partial charge is 0.338 e. The molecule has 2 rings (SSSR count). The Labute approximate surface area is 121 Å². The van der Waals surface area contributed by atoms with E-state index in [1.54, 1.807) is 18.2 Å². The van der Waals surface area contributed by atoms with Gasteiger partial charge in [-0.2, -0.15) is 5.26 Å². The molecule has 2 aromatic rings. The fraction of sp³-hybridized carbons (Fsp3) is 0.200. The van der Waals surface area contributed by atoms with Crippen LogP contribution in [0.2, 0.25) is 0 Å². The lowest BCUT2D eigenvalue weighted by atomic mass is 10.2. The van der Waals surface area contributed by atoms with Gasteiger partial charge in [-0.3, -0.25) is 0 Å². The van der Waals surface area contributed by atoms with E-state index in [2.05, 4.69) is 0 Å². The highest BCUT2D eigenvalue weighted by molar-refractivity contribution is 5.87. The number of aromatic carboxylic acids is 1. The number of hydrogen-bond donors (Lipinski definition) is 1. The second-order valence-electron chi connectivity index (χ2n) is 4.10. The van der Waals surface area contributed by atoms with Crippen molar-refractivity contribution in [2.75, 3.05) is 6.61 Å². The van der Waals surface area contributed by atoms with E-state index in [1.165, 1.54) is 6.07 Å². The number of carboxylic acids is 1. The van der Waals surface area contributed by atoms with E-state index in [0.29, 0.717) is 29.4 Å². The Morgan fingerprint density at radius 3 is 2.76 bits per heavy atom. The number of carbonyl (C=O) groups is 1. The minimum atomic E-state index is -1.06. The van der Waals surface area contributed by atoms with Crippen LogP contribution in [0.25, 0.3) is 0 Å². The first-order valence-corrected chi connectivity index (χ1v) is 6.24. The third-order valence-electron chi connectivity index (χ3n) is 2.64. The lowest BCUT2D eigenvalue weighted by Gasteiger charge is -2.11. The van der Waals surface area contributed by atoms with Gasteiger partial charge in [0, 0.05) is 6.07 Å². The Bertz CT molecular complexity index is 684. The molecular weight excluding hydrogens is 274 g/mol. The Kier molecular flexibility index (Phi) is 4.46. The van der Waals surface area contributed by atoms with Gasteiger partial charge in [0.1, 0.15) is 18.6 Å². The van der Waals surface area contributed by atoms with E-state index in [-0.39, 0.29) is 12.2 Å². The topological polar surface area (TPSA) is 92.7 Å². The minimum absolute atomic E-state index is 0.0680. The van der Waals surface area contributed by atoms with Gasteiger partial charge >= 0.3 is 5.97 Å². The first-order chi connectivity index (χ1) is 10.1. The standard InChI is InChI=1S/C15H13NO5/c1-2-19-14-5-10(7-16)3-4-13(14)21-9-12-6-11(8-20-12)15(17)18/h3-6,8H,2,9H2,1H3,(H,17,18). The van der Waals surface area contributed by atoms with Crippen LogP contribution < -0.4 is 9.47 Å². The van der Waals surface area contributed by atoms with Gasteiger partial charge in [-0.15, -0.1) is 0 Å². The molecule has 21 heavy (non-hydrogen) atoms. The van der Waals surface area contributed by atoms with Crippen molar-refractivity contribution in [1.29, 1.82) is 5.26 Å². The van der Waals surface area contributed by atoms with Crippen LogP contribution in [0.1, 0.15) is 28.6 Å². The summed E-state index contributed by atoms with van der Waals surface area (Å²) in [6.45, 7) is 2.34. The largest absolute Gasteiger partial charge is 0.490 e. The molecule has 0 spiro atoms. The molecule has 0 aliphatic heterocycles. The molecule has 1 N–H and O–H groups in total.